The van der Waals surface area contributed by atoms with E-state index >= 15 is 0 Å². The first-order valence-electron chi connectivity index (χ1n) is 8.70. The molecular weight excluding hydrogens is 272 g/mol. The van der Waals surface area contributed by atoms with Crippen molar-refractivity contribution in [3.63, 3.8) is 0 Å². The number of aliphatic hydroxyl groups excluding tert-OH is 1. The number of methoxy groups -OCH3 is 1. The van der Waals surface area contributed by atoms with Gasteiger partial charge in [0.15, 0.2) is 0 Å². The number of hydrogen-bond donors (Lipinski definition) is 1. The summed E-state index contributed by atoms with van der Waals surface area (Å²) in [5.41, 5.74) is 6.44. The first-order chi connectivity index (χ1) is 10.6. The molecule has 3 aliphatic rings. The molecule has 1 N–H and O–H groups in total. The van der Waals surface area contributed by atoms with Crippen LogP contribution in [0.15, 0.2) is 23.8 Å². The number of fused-ring (bicyclic) bond motifs is 4. The number of aliphatic hydroxyl groups is 1. The average Bonchev–Trinajstić information content (AvgIpc) is 2.54. The summed E-state index contributed by atoms with van der Waals surface area (Å²) >= 11 is 0. The third-order valence-electron chi connectivity index (χ3n) is 6.55. The lowest BCUT2D eigenvalue weighted by molar-refractivity contribution is 0.0290. The van der Waals surface area contributed by atoms with Crippen molar-refractivity contribution in [1.29, 1.82) is 0 Å². The van der Waals surface area contributed by atoms with Crippen molar-refractivity contribution < 1.29 is 9.84 Å². The van der Waals surface area contributed by atoms with Crippen LogP contribution in [0.3, 0.4) is 0 Å². The van der Waals surface area contributed by atoms with Crippen molar-refractivity contribution in [2.75, 3.05) is 7.11 Å². The van der Waals surface area contributed by atoms with E-state index in [0.29, 0.717) is 11.3 Å². The van der Waals surface area contributed by atoms with Gasteiger partial charge in [-0.15, -0.1) is 0 Å². The Morgan fingerprint density at radius 2 is 2.05 bits per heavy atom. The molecule has 1 fully saturated rings. The Morgan fingerprint density at radius 1 is 1.18 bits per heavy atom. The number of rotatable bonds is 1. The minimum atomic E-state index is -0.0730. The summed E-state index contributed by atoms with van der Waals surface area (Å²) in [6.45, 7) is 2.46. The van der Waals surface area contributed by atoms with Gasteiger partial charge in [0.2, 0.25) is 0 Å². The Hall–Kier alpha value is -1.28. The van der Waals surface area contributed by atoms with Crippen LogP contribution in [-0.2, 0) is 6.42 Å². The molecule has 0 amide bonds. The Bertz CT molecular complexity index is 631. The van der Waals surface area contributed by atoms with Crippen LogP contribution in [0.4, 0.5) is 0 Å². The molecule has 22 heavy (non-hydrogen) atoms. The molecule has 0 unspecified atom stereocenters. The summed E-state index contributed by atoms with van der Waals surface area (Å²) in [7, 11) is 1.78. The quantitative estimate of drug-likeness (QED) is 0.835. The van der Waals surface area contributed by atoms with Crippen molar-refractivity contribution in [2.24, 2.45) is 11.3 Å². The Balaban J connectivity index is 1.81. The smallest absolute Gasteiger partial charge is 0.122 e. The highest BCUT2D eigenvalue weighted by Gasteiger charge is 2.46. The standard InChI is InChI=1S/C20H26O2/c1-20-11-10-14(21)12-13(20)6-7-16-15-4-3-5-19(22-2)17(15)8-9-18(16)20/h3-5,13-14,21H,6-12H2,1-2H3/t13-,14-,20+/m0/s1. The number of ether oxygens (including phenoxy) is 1. The summed E-state index contributed by atoms with van der Waals surface area (Å²) in [5.74, 6) is 1.72. The van der Waals surface area contributed by atoms with Crippen molar-refractivity contribution in [1.82, 2.24) is 0 Å². The maximum atomic E-state index is 10.1. The van der Waals surface area contributed by atoms with Crippen LogP contribution in [0.5, 0.6) is 5.75 Å². The van der Waals surface area contributed by atoms with E-state index in [1.165, 1.54) is 30.4 Å². The second-order valence-electron chi connectivity index (χ2n) is 7.52. The molecule has 0 bridgehead atoms. The van der Waals surface area contributed by atoms with E-state index in [4.69, 9.17) is 4.74 Å². The molecule has 0 radical (unpaired) electrons. The summed E-state index contributed by atoms with van der Waals surface area (Å²) < 4.78 is 5.58. The Labute approximate surface area is 133 Å². The third kappa shape index (κ3) is 1.96. The zero-order valence-corrected chi connectivity index (χ0v) is 13.7. The first-order valence-corrected chi connectivity index (χ1v) is 8.70. The van der Waals surface area contributed by atoms with Gasteiger partial charge in [-0.2, -0.15) is 0 Å². The molecule has 2 nitrogen and oxygen atoms in total. The highest BCUT2D eigenvalue weighted by atomic mass is 16.5. The summed E-state index contributed by atoms with van der Waals surface area (Å²) in [6.07, 6.45) is 7.71. The third-order valence-corrected chi connectivity index (χ3v) is 6.55. The Kier molecular flexibility index (Phi) is 3.34. The largest absolute Gasteiger partial charge is 0.496 e. The van der Waals surface area contributed by atoms with Gasteiger partial charge in [0, 0.05) is 5.56 Å². The fourth-order valence-corrected chi connectivity index (χ4v) is 5.31. The maximum absolute atomic E-state index is 10.1. The van der Waals surface area contributed by atoms with Gasteiger partial charge in [-0.25, -0.2) is 0 Å². The molecule has 0 aliphatic heterocycles. The minimum Gasteiger partial charge on any atom is -0.496 e. The predicted molar refractivity (Wildman–Crippen MR) is 88.9 cm³/mol. The van der Waals surface area contributed by atoms with E-state index in [0.717, 1.165) is 31.4 Å². The van der Waals surface area contributed by atoms with Crippen molar-refractivity contribution >= 4 is 5.57 Å². The lowest BCUT2D eigenvalue weighted by atomic mass is 9.55. The zero-order valence-electron chi connectivity index (χ0n) is 13.7. The van der Waals surface area contributed by atoms with Gasteiger partial charge in [-0.3, -0.25) is 0 Å². The highest BCUT2D eigenvalue weighted by Crippen LogP contribution is 2.57. The van der Waals surface area contributed by atoms with Gasteiger partial charge in [0.05, 0.1) is 13.2 Å². The maximum Gasteiger partial charge on any atom is 0.122 e. The van der Waals surface area contributed by atoms with Crippen molar-refractivity contribution in [2.45, 2.75) is 58.0 Å². The van der Waals surface area contributed by atoms with Crippen molar-refractivity contribution in [3.05, 3.63) is 34.9 Å². The minimum absolute atomic E-state index is 0.0730. The molecule has 3 aliphatic carbocycles. The number of hydrogen-bond acceptors (Lipinski definition) is 2. The van der Waals surface area contributed by atoms with Gasteiger partial charge < -0.3 is 9.84 Å². The molecule has 0 aromatic heterocycles. The molecular formula is C20H26O2. The number of benzene rings is 1. The predicted octanol–water partition coefficient (Wildman–Crippen LogP) is 4.36. The molecule has 1 aromatic rings. The van der Waals surface area contributed by atoms with Crippen LogP contribution < -0.4 is 4.74 Å². The molecule has 0 heterocycles. The summed E-state index contributed by atoms with van der Waals surface area (Å²) in [5, 5.41) is 10.1. The fraction of sp³-hybridized carbons (Fsp3) is 0.600. The SMILES string of the molecule is COc1cccc2c1CCC1=C2CC[C@H]2C[C@@H](O)CC[C@@]12C. The van der Waals surface area contributed by atoms with Crippen LogP contribution >= 0.6 is 0 Å². The van der Waals surface area contributed by atoms with Gasteiger partial charge in [-0.05, 0) is 73.5 Å². The average molecular weight is 298 g/mol. The van der Waals surface area contributed by atoms with E-state index in [-0.39, 0.29) is 6.10 Å². The Morgan fingerprint density at radius 3 is 2.86 bits per heavy atom. The van der Waals surface area contributed by atoms with E-state index in [1.54, 1.807) is 18.3 Å². The molecule has 2 heteroatoms. The second-order valence-corrected chi connectivity index (χ2v) is 7.52. The van der Waals surface area contributed by atoms with Crippen LogP contribution in [0.2, 0.25) is 0 Å². The molecule has 3 atom stereocenters. The molecule has 118 valence electrons. The highest BCUT2D eigenvalue weighted by molar-refractivity contribution is 5.76. The number of allylic oxidation sites excluding steroid dienone is 2. The first kappa shape index (κ1) is 14.3. The van der Waals surface area contributed by atoms with Gasteiger partial charge in [-0.1, -0.05) is 24.6 Å². The lowest BCUT2D eigenvalue weighted by Crippen LogP contribution is -2.41. The van der Waals surface area contributed by atoms with Gasteiger partial charge >= 0.3 is 0 Å². The molecule has 0 saturated heterocycles. The topological polar surface area (TPSA) is 29.5 Å². The summed E-state index contributed by atoms with van der Waals surface area (Å²) in [6, 6.07) is 6.51. The van der Waals surface area contributed by atoms with Crippen LogP contribution in [0, 0.1) is 11.3 Å². The summed E-state index contributed by atoms with van der Waals surface area (Å²) in [4.78, 5) is 0. The van der Waals surface area contributed by atoms with Crippen LogP contribution in [-0.4, -0.2) is 18.3 Å². The van der Waals surface area contributed by atoms with E-state index in [1.807, 2.05) is 0 Å². The van der Waals surface area contributed by atoms with E-state index < -0.39 is 0 Å². The van der Waals surface area contributed by atoms with Crippen LogP contribution in [0.1, 0.15) is 56.6 Å². The van der Waals surface area contributed by atoms with Crippen LogP contribution in [0.25, 0.3) is 5.57 Å². The normalized spacial score (nSPS) is 33.8. The van der Waals surface area contributed by atoms with Crippen molar-refractivity contribution in [3.8, 4) is 5.75 Å². The molecule has 1 saturated carbocycles. The van der Waals surface area contributed by atoms with Gasteiger partial charge in [0.1, 0.15) is 5.75 Å². The van der Waals surface area contributed by atoms with Gasteiger partial charge in [0.25, 0.3) is 0 Å². The molecule has 1 aromatic carbocycles. The second kappa shape index (κ2) is 5.13. The lowest BCUT2D eigenvalue weighted by Gasteiger charge is -2.50. The monoisotopic (exact) mass is 298 g/mol. The molecule has 0 spiro atoms. The van der Waals surface area contributed by atoms with E-state index in [9.17, 15) is 5.11 Å². The molecule has 4 rings (SSSR count). The zero-order chi connectivity index (χ0) is 15.3. The van der Waals surface area contributed by atoms with E-state index in [2.05, 4.69) is 25.1 Å². The fourth-order valence-electron chi connectivity index (χ4n) is 5.31.